The monoisotopic (exact) mass is 248 g/mol. The molecule has 0 aliphatic carbocycles. The lowest BCUT2D eigenvalue weighted by Crippen LogP contribution is -2.38. The van der Waals surface area contributed by atoms with Crippen LogP contribution in [0.3, 0.4) is 0 Å². The van der Waals surface area contributed by atoms with Crippen LogP contribution in [-0.4, -0.2) is 24.9 Å². The summed E-state index contributed by atoms with van der Waals surface area (Å²) < 4.78 is 11.0. The van der Waals surface area contributed by atoms with E-state index in [-0.39, 0.29) is 6.10 Å². The molecule has 0 bridgehead atoms. The van der Waals surface area contributed by atoms with Crippen molar-refractivity contribution < 1.29 is 9.47 Å². The van der Waals surface area contributed by atoms with Gasteiger partial charge in [0.25, 0.3) is 0 Å². The van der Waals surface area contributed by atoms with Gasteiger partial charge in [0.15, 0.2) is 0 Å². The molecule has 1 aromatic carbocycles. The Bertz CT molecular complexity index is 385. The first-order valence-electron chi connectivity index (χ1n) is 6.03. The lowest BCUT2D eigenvalue weighted by molar-refractivity contribution is 0.0328. The van der Waals surface area contributed by atoms with Gasteiger partial charge in [-0.05, 0) is 26.0 Å². The van der Waals surface area contributed by atoms with Crippen molar-refractivity contribution >= 4 is 0 Å². The molecule has 0 spiro atoms. The molecular weight excluding hydrogens is 228 g/mol. The molecule has 0 aliphatic heterocycles. The highest BCUT2D eigenvalue weighted by Gasteiger charge is 2.21. The van der Waals surface area contributed by atoms with Gasteiger partial charge in [-0.3, -0.25) is 0 Å². The number of ether oxygens (including phenoxy) is 2. The van der Waals surface area contributed by atoms with Gasteiger partial charge in [-0.15, -0.1) is 0 Å². The Hall–Kier alpha value is -1.57. The standard InChI is InChI=1S/C14H20N2O2/c1-12(10-14(2,16)11-15)17-8-9-18-13-6-4-3-5-7-13/h3-7,12H,8-10,16H2,1-2H3. The Labute approximate surface area is 108 Å². The minimum atomic E-state index is -0.834. The fourth-order valence-corrected chi connectivity index (χ4v) is 1.63. The molecule has 0 radical (unpaired) electrons. The highest BCUT2D eigenvalue weighted by molar-refractivity contribution is 5.20. The van der Waals surface area contributed by atoms with Crippen molar-refractivity contribution in [1.82, 2.24) is 0 Å². The Morgan fingerprint density at radius 2 is 2.00 bits per heavy atom. The van der Waals surface area contributed by atoms with Crippen LogP contribution in [0.2, 0.25) is 0 Å². The average molecular weight is 248 g/mol. The van der Waals surface area contributed by atoms with E-state index in [1.54, 1.807) is 6.92 Å². The third kappa shape index (κ3) is 5.67. The second-order valence-electron chi connectivity index (χ2n) is 4.58. The zero-order chi connectivity index (χ0) is 13.4. The Balaban J connectivity index is 2.17. The van der Waals surface area contributed by atoms with Gasteiger partial charge in [-0.2, -0.15) is 5.26 Å². The van der Waals surface area contributed by atoms with Crippen LogP contribution in [-0.2, 0) is 4.74 Å². The molecule has 0 amide bonds. The number of nitrogens with zero attached hydrogens (tertiary/aromatic N) is 1. The molecule has 1 rings (SSSR count). The highest BCUT2D eigenvalue weighted by atomic mass is 16.5. The Morgan fingerprint density at radius 3 is 2.61 bits per heavy atom. The molecule has 0 heterocycles. The molecule has 1 aromatic rings. The van der Waals surface area contributed by atoms with Crippen LogP contribution in [0.5, 0.6) is 5.75 Å². The van der Waals surface area contributed by atoms with E-state index in [2.05, 4.69) is 6.07 Å². The van der Waals surface area contributed by atoms with Crippen LogP contribution < -0.4 is 10.5 Å². The molecular formula is C14H20N2O2. The predicted molar refractivity (Wildman–Crippen MR) is 70.2 cm³/mol. The summed E-state index contributed by atoms with van der Waals surface area (Å²) in [5.41, 5.74) is 4.91. The van der Waals surface area contributed by atoms with E-state index < -0.39 is 5.54 Å². The van der Waals surface area contributed by atoms with Crippen LogP contribution in [0.4, 0.5) is 0 Å². The number of benzene rings is 1. The van der Waals surface area contributed by atoms with Gasteiger partial charge in [-0.1, -0.05) is 18.2 Å². The topological polar surface area (TPSA) is 68.3 Å². The van der Waals surface area contributed by atoms with E-state index in [1.807, 2.05) is 37.3 Å². The smallest absolute Gasteiger partial charge is 0.119 e. The van der Waals surface area contributed by atoms with Crippen LogP contribution in [0.1, 0.15) is 20.3 Å². The van der Waals surface area contributed by atoms with Crippen molar-refractivity contribution in [2.75, 3.05) is 13.2 Å². The average Bonchev–Trinajstić information content (AvgIpc) is 2.35. The van der Waals surface area contributed by atoms with E-state index in [0.717, 1.165) is 5.75 Å². The summed E-state index contributed by atoms with van der Waals surface area (Å²) in [6.45, 7) is 4.58. The van der Waals surface area contributed by atoms with E-state index >= 15 is 0 Å². The molecule has 2 unspecified atom stereocenters. The van der Waals surface area contributed by atoms with Gasteiger partial charge in [0.05, 0.1) is 18.8 Å². The molecule has 0 saturated heterocycles. The van der Waals surface area contributed by atoms with Gasteiger partial charge in [-0.25, -0.2) is 0 Å². The Morgan fingerprint density at radius 1 is 1.33 bits per heavy atom. The normalized spacial score (nSPS) is 15.4. The first-order valence-corrected chi connectivity index (χ1v) is 6.03. The first-order chi connectivity index (χ1) is 8.53. The number of nitrogens with two attached hydrogens (primary N) is 1. The van der Waals surface area contributed by atoms with Gasteiger partial charge >= 0.3 is 0 Å². The minimum absolute atomic E-state index is 0.0565. The third-order valence-electron chi connectivity index (χ3n) is 2.46. The number of hydrogen-bond acceptors (Lipinski definition) is 4. The van der Waals surface area contributed by atoms with Crippen LogP contribution in [0.15, 0.2) is 30.3 Å². The van der Waals surface area contributed by atoms with Gasteiger partial charge in [0.2, 0.25) is 0 Å². The fourth-order valence-electron chi connectivity index (χ4n) is 1.63. The van der Waals surface area contributed by atoms with Gasteiger partial charge in [0, 0.05) is 6.42 Å². The molecule has 0 aliphatic rings. The zero-order valence-electron chi connectivity index (χ0n) is 10.9. The highest BCUT2D eigenvalue weighted by Crippen LogP contribution is 2.11. The summed E-state index contributed by atoms with van der Waals surface area (Å²) in [6.07, 6.45) is 0.452. The van der Waals surface area contributed by atoms with Gasteiger partial charge in [0.1, 0.15) is 17.9 Å². The van der Waals surface area contributed by atoms with Crippen molar-refractivity contribution in [2.24, 2.45) is 5.73 Å². The minimum Gasteiger partial charge on any atom is -0.491 e. The molecule has 2 N–H and O–H groups in total. The number of rotatable bonds is 7. The van der Waals surface area contributed by atoms with Crippen LogP contribution in [0, 0.1) is 11.3 Å². The van der Waals surface area contributed by atoms with Crippen molar-refractivity contribution in [3.63, 3.8) is 0 Å². The van der Waals surface area contributed by atoms with Crippen molar-refractivity contribution in [2.45, 2.75) is 31.9 Å². The second-order valence-corrected chi connectivity index (χ2v) is 4.58. The summed E-state index contributed by atoms with van der Waals surface area (Å²) in [4.78, 5) is 0. The number of nitriles is 1. The van der Waals surface area contributed by atoms with Crippen LogP contribution in [0.25, 0.3) is 0 Å². The van der Waals surface area contributed by atoms with Crippen molar-refractivity contribution in [1.29, 1.82) is 5.26 Å². The quantitative estimate of drug-likeness (QED) is 0.750. The summed E-state index contributed by atoms with van der Waals surface area (Å²) in [5.74, 6) is 0.828. The summed E-state index contributed by atoms with van der Waals surface area (Å²) in [5, 5.41) is 8.81. The fraction of sp³-hybridized carbons (Fsp3) is 0.500. The van der Waals surface area contributed by atoms with E-state index in [4.69, 9.17) is 20.5 Å². The largest absolute Gasteiger partial charge is 0.491 e. The molecule has 0 fully saturated rings. The molecule has 0 saturated carbocycles. The number of hydrogen-bond donors (Lipinski definition) is 1. The molecule has 4 heteroatoms. The Kier molecular flexibility index (Phi) is 5.63. The summed E-state index contributed by atoms with van der Waals surface area (Å²) >= 11 is 0. The molecule has 4 nitrogen and oxygen atoms in total. The molecule has 0 aromatic heterocycles. The number of para-hydroxylation sites is 1. The zero-order valence-corrected chi connectivity index (χ0v) is 10.9. The second kappa shape index (κ2) is 7.00. The predicted octanol–water partition coefficient (Wildman–Crippen LogP) is 2.10. The third-order valence-corrected chi connectivity index (χ3v) is 2.46. The molecule has 2 atom stereocenters. The maximum atomic E-state index is 8.81. The van der Waals surface area contributed by atoms with Crippen molar-refractivity contribution in [3.05, 3.63) is 30.3 Å². The van der Waals surface area contributed by atoms with Crippen LogP contribution >= 0.6 is 0 Å². The lowest BCUT2D eigenvalue weighted by Gasteiger charge is -2.21. The summed E-state index contributed by atoms with van der Waals surface area (Å²) in [6, 6.07) is 11.6. The van der Waals surface area contributed by atoms with Crippen molar-refractivity contribution in [3.8, 4) is 11.8 Å². The maximum Gasteiger partial charge on any atom is 0.119 e. The van der Waals surface area contributed by atoms with E-state index in [0.29, 0.717) is 19.6 Å². The lowest BCUT2D eigenvalue weighted by atomic mass is 9.98. The van der Waals surface area contributed by atoms with E-state index in [1.165, 1.54) is 0 Å². The summed E-state index contributed by atoms with van der Waals surface area (Å²) in [7, 11) is 0. The maximum absolute atomic E-state index is 8.81. The van der Waals surface area contributed by atoms with E-state index in [9.17, 15) is 0 Å². The van der Waals surface area contributed by atoms with Gasteiger partial charge < -0.3 is 15.2 Å². The SMILES string of the molecule is CC(CC(C)(N)C#N)OCCOc1ccccc1. The molecule has 18 heavy (non-hydrogen) atoms. The first kappa shape index (κ1) is 14.5. The molecule has 98 valence electrons.